The topological polar surface area (TPSA) is 103 Å². The molecule has 28 heavy (non-hydrogen) atoms. The zero-order valence-electron chi connectivity index (χ0n) is 15.2. The van der Waals surface area contributed by atoms with Crippen LogP contribution in [0, 0.1) is 0 Å². The van der Waals surface area contributed by atoms with Gasteiger partial charge in [0.25, 0.3) is 17.7 Å². The molecule has 0 saturated heterocycles. The van der Waals surface area contributed by atoms with Crippen LogP contribution < -0.4 is 10.7 Å². The van der Waals surface area contributed by atoms with Crippen molar-refractivity contribution in [2.45, 2.75) is 6.54 Å². The van der Waals surface area contributed by atoms with Crippen LogP contribution >= 0.6 is 11.6 Å². The summed E-state index contributed by atoms with van der Waals surface area (Å²) in [5.74, 6) is -1.80. The minimum atomic E-state index is -0.657. The van der Waals surface area contributed by atoms with Crippen molar-refractivity contribution in [2.75, 3.05) is 19.4 Å². The highest BCUT2D eigenvalue weighted by atomic mass is 35.5. The zero-order chi connectivity index (χ0) is 20.4. The van der Waals surface area contributed by atoms with Gasteiger partial charge in [-0.25, -0.2) is 0 Å². The fraction of sp³-hybridized carbons (Fsp3) is 0.158. The number of benzene rings is 1. The molecule has 0 saturated carbocycles. The highest BCUT2D eigenvalue weighted by Crippen LogP contribution is 2.26. The number of nitrogens with zero attached hydrogens (tertiary/aromatic N) is 2. The smallest absolute Gasteiger partial charge is 0.279 e. The Labute approximate surface area is 165 Å². The first-order valence-electron chi connectivity index (χ1n) is 8.31. The van der Waals surface area contributed by atoms with Crippen LogP contribution in [0.2, 0.25) is 0 Å². The monoisotopic (exact) mass is 400 g/mol. The van der Waals surface area contributed by atoms with E-state index < -0.39 is 23.2 Å². The Hall–Kier alpha value is -3.39. The van der Waals surface area contributed by atoms with Crippen molar-refractivity contribution in [3.8, 4) is 0 Å². The minimum absolute atomic E-state index is 0.0510. The van der Waals surface area contributed by atoms with Gasteiger partial charge in [0.05, 0.1) is 6.54 Å². The summed E-state index contributed by atoms with van der Waals surface area (Å²) in [7, 11) is 3.03. The fourth-order valence-corrected chi connectivity index (χ4v) is 2.91. The SMILES string of the molecule is CN(C)C(=O)c1c[nH]cc(NC2=C(Cl)C(=O)N(Cc3ccccc3)C2=O)c1=O. The summed E-state index contributed by atoms with van der Waals surface area (Å²) in [5.41, 5.74) is -0.238. The molecule has 1 aliphatic rings. The van der Waals surface area contributed by atoms with Gasteiger partial charge in [0, 0.05) is 26.5 Å². The van der Waals surface area contributed by atoms with Crippen LogP contribution in [-0.2, 0) is 16.1 Å². The van der Waals surface area contributed by atoms with Gasteiger partial charge in [-0.05, 0) is 5.56 Å². The molecular formula is C19H17ClN4O4. The van der Waals surface area contributed by atoms with Gasteiger partial charge in [0.2, 0.25) is 5.43 Å². The molecule has 3 rings (SSSR count). The number of nitrogens with one attached hydrogen (secondary N) is 2. The first-order chi connectivity index (χ1) is 13.3. The lowest BCUT2D eigenvalue weighted by Gasteiger charge is -2.15. The Kier molecular flexibility index (Phi) is 5.32. The molecule has 2 heterocycles. The average Bonchev–Trinajstić information content (AvgIpc) is 2.88. The second kappa shape index (κ2) is 7.69. The Balaban J connectivity index is 1.88. The number of carbonyl (C=O) groups excluding carboxylic acids is 3. The summed E-state index contributed by atoms with van der Waals surface area (Å²) in [6, 6.07) is 8.97. The predicted octanol–water partition coefficient (Wildman–Crippen LogP) is 1.51. The second-order valence-electron chi connectivity index (χ2n) is 6.31. The summed E-state index contributed by atoms with van der Waals surface area (Å²) < 4.78 is 0. The second-order valence-corrected chi connectivity index (χ2v) is 6.69. The number of hydrogen-bond donors (Lipinski definition) is 2. The van der Waals surface area contributed by atoms with Gasteiger partial charge in [0.1, 0.15) is 22.0 Å². The van der Waals surface area contributed by atoms with E-state index in [9.17, 15) is 19.2 Å². The number of halogens is 1. The third-order valence-corrected chi connectivity index (χ3v) is 4.49. The maximum Gasteiger partial charge on any atom is 0.279 e. The molecular weight excluding hydrogens is 384 g/mol. The summed E-state index contributed by atoms with van der Waals surface area (Å²) >= 11 is 6.06. The molecule has 1 aromatic carbocycles. The van der Waals surface area contributed by atoms with E-state index in [0.29, 0.717) is 0 Å². The van der Waals surface area contributed by atoms with E-state index in [1.54, 1.807) is 24.3 Å². The summed E-state index contributed by atoms with van der Waals surface area (Å²) in [4.78, 5) is 54.7. The van der Waals surface area contributed by atoms with Crippen LogP contribution in [0.15, 0.2) is 58.2 Å². The number of hydrogen-bond acceptors (Lipinski definition) is 5. The standard InChI is InChI=1S/C19H17ClN4O4/c1-23(2)17(26)12-8-21-9-13(16(12)25)22-15-14(20)18(27)24(19(15)28)10-11-6-4-3-5-7-11/h3-9,22H,10H2,1-2H3,(H,21,25). The first kappa shape index (κ1) is 19.4. The lowest BCUT2D eigenvalue weighted by molar-refractivity contribution is -0.138. The van der Waals surface area contributed by atoms with E-state index in [-0.39, 0.29) is 28.5 Å². The maximum atomic E-state index is 12.7. The first-order valence-corrected chi connectivity index (χ1v) is 8.68. The predicted molar refractivity (Wildman–Crippen MR) is 104 cm³/mol. The van der Waals surface area contributed by atoms with Crippen molar-refractivity contribution in [3.63, 3.8) is 0 Å². The van der Waals surface area contributed by atoms with E-state index in [1.807, 2.05) is 6.07 Å². The van der Waals surface area contributed by atoms with Crippen molar-refractivity contribution in [1.82, 2.24) is 14.8 Å². The third kappa shape index (κ3) is 3.54. The molecule has 1 aromatic heterocycles. The van der Waals surface area contributed by atoms with E-state index in [1.165, 1.54) is 31.4 Å². The van der Waals surface area contributed by atoms with Crippen molar-refractivity contribution in [2.24, 2.45) is 0 Å². The molecule has 0 radical (unpaired) electrons. The zero-order valence-corrected chi connectivity index (χ0v) is 15.9. The molecule has 2 N–H and O–H groups in total. The van der Waals surface area contributed by atoms with E-state index in [2.05, 4.69) is 10.3 Å². The van der Waals surface area contributed by atoms with Gasteiger partial charge in [0.15, 0.2) is 0 Å². The molecule has 1 aliphatic heterocycles. The van der Waals surface area contributed by atoms with Crippen LogP contribution in [0.4, 0.5) is 5.69 Å². The molecule has 3 amide bonds. The van der Waals surface area contributed by atoms with Crippen LogP contribution in [0.25, 0.3) is 0 Å². The lowest BCUT2D eigenvalue weighted by atomic mass is 10.2. The van der Waals surface area contributed by atoms with Crippen molar-refractivity contribution >= 4 is 35.0 Å². The quantitative estimate of drug-likeness (QED) is 0.740. The largest absolute Gasteiger partial charge is 0.365 e. The Morgan fingerprint density at radius 2 is 1.79 bits per heavy atom. The van der Waals surface area contributed by atoms with Gasteiger partial charge in [-0.15, -0.1) is 0 Å². The molecule has 0 unspecified atom stereocenters. The maximum absolute atomic E-state index is 12.7. The van der Waals surface area contributed by atoms with Crippen molar-refractivity contribution in [1.29, 1.82) is 0 Å². The number of aromatic amines is 1. The van der Waals surface area contributed by atoms with Gasteiger partial charge >= 0.3 is 0 Å². The van der Waals surface area contributed by atoms with Crippen LogP contribution in [0.1, 0.15) is 15.9 Å². The molecule has 2 aromatic rings. The molecule has 9 heteroatoms. The number of rotatable bonds is 5. The van der Waals surface area contributed by atoms with Crippen LogP contribution in [-0.4, -0.2) is 46.6 Å². The van der Waals surface area contributed by atoms with E-state index in [0.717, 1.165) is 10.5 Å². The van der Waals surface area contributed by atoms with Crippen LogP contribution in [0.5, 0.6) is 0 Å². The molecule has 0 bridgehead atoms. The number of H-pyrrole nitrogens is 1. The number of anilines is 1. The third-order valence-electron chi connectivity index (χ3n) is 4.14. The molecule has 0 aliphatic carbocycles. The molecule has 0 atom stereocenters. The molecule has 144 valence electrons. The minimum Gasteiger partial charge on any atom is -0.365 e. The normalized spacial score (nSPS) is 13.9. The van der Waals surface area contributed by atoms with Crippen LogP contribution in [0.3, 0.4) is 0 Å². The Morgan fingerprint density at radius 3 is 2.43 bits per heavy atom. The number of imide groups is 1. The van der Waals surface area contributed by atoms with Gasteiger partial charge in [-0.2, -0.15) is 0 Å². The Morgan fingerprint density at radius 1 is 1.11 bits per heavy atom. The van der Waals surface area contributed by atoms with E-state index in [4.69, 9.17) is 11.6 Å². The summed E-state index contributed by atoms with van der Waals surface area (Å²) in [6.07, 6.45) is 2.57. The molecule has 8 nitrogen and oxygen atoms in total. The number of aromatic nitrogens is 1. The fourth-order valence-electron chi connectivity index (χ4n) is 2.68. The molecule has 0 spiro atoms. The highest BCUT2D eigenvalue weighted by Gasteiger charge is 2.38. The molecule has 0 fully saturated rings. The average molecular weight is 401 g/mol. The number of pyridine rings is 1. The van der Waals surface area contributed by atoms with Gasteiger partial charge in [-0.1, -0.05) is 41.9 Å². The summed E-state index contributed by atoms with van der Waals surface area (Å²) in [6.45, 7) is 0.0510. The van der Waals surface area contributed by atoms with Gasteiger partial charge in [-0.3, -0.25) is 24.1 Å². The number of carbonyl (C=O) groups is 3. The summed E-state index contributed by atoms with van der Waals surface area (Å²) in [5, 5.41) is 2.30. The Bertz CT molecular complexity index is 1040. The van der Waals surface area contributed by atoms with Crippen molar-refractivity contribution in [3.05, 3.63) is 74.8 Å². The van der Waals surface area contributed by atoms with Crippen molar-refractivity contribution < 1.29 is 14.4 Å². The number of amides is 3. The van der Waals surface area contributed by atoms with E-state index >= 15 is 0 Å². The lowest BCUT2D eigenvalue weighted by Crippen LogP contribution is -2.32. The highest BCUT2D eigenvalue weighted by molar-refractivity contribution is 6.48. The van der Waals surface area contributed by atoms with Gasteiger partial charge < -0.3 is 15.2 Å².